The fraction of sp³-hybridized carbons (Fsp3) is 0.333. The molecule has 0 bridgehead atoms. The molecule has 0 aromatic heterocycles. The molecule has 0 aliphatic heterocycles. The van der Waals surface area contributed by atoms with E-state index in [1.807, 2.05) is 20.8 Å². The normalized spacial score (nSPS) is 11.2. The van der Waals surface area contributed by atoms with Crippen molar-refractivity contribution in [3.63, 3.8) is 0 Å². The van der Waals surface area contributed by atoms with Crippen LogP contribution in [-0.2, 0) is 4.79 Å². The lowest BCUT2D eigenvalue weighted by Crippen LogP contribution is -2.36. The number of aliphatic hydroxyl groups excluding tert-OH is 1. The second kappa shape index (κ2) is 12.4. The van der Waals surface area contributed by atoms with Crippen molar-refractivity contribution in [3.05, 3.63) is 65.4 Å². The minimum Gasteiger partial charge on any atom is -0.494 e. The number of hydrogen-bond donors (Lipinski definition) is 3. The maximum atomic E-state index is 12.7. The van der Waals surface area contributed by atoms with Crippen LogP contribution in [0.5, 0.6) is 11.5 Å². The van der Waals surface area contributed by atoms with Crippen molar-refractivity contribution in [1.29, 1.82) is 0 Å². The molecular weight excluding hydrogens is 396 g/mol. The molecule has 31 heavy (non-hydrogen) atoms. The van der Waals surface area contributed by atoms with Gasteiger partial charge in [0, 0.05) is 12.1 Å². The minimum atomic E-state index is -0.493. The summed E-state index contributed by atoms with van der Waals surface area (Å²) in [6.07, 6.45) is 2.52. The number of rotatable bonds is 11. The second-order valence-corrected chi connectivity index (χ2v) is 7.10. The lowest BCUT2D eigenvalue weighted by molar-refractivity contribution is -0.117. The summed E-state index contributed by atoms with van der Waals surface area (Å²) in [6, 6.07) is 13.9. The Balaban J connectivity index is 2.18. The smallest absolute Gasteiger partial charge is 0.267 e. The zero-order chi connectivity index (χ0) is 22.6. The van der Waals surface area contributed by atoms with Crippen LogP contribution in [0.3, 0.4) is 0 Å². The van der Waals surface area contributed by atoms with Gasteiger partial charge in [-0.1, -0.05) is 19.1 Å². The van der Waals surface area contributed by atoms with E-state index in [0.29, 0.717) is 29.2 Å². The molecule has 3 N–H and O–H groups in total. The molecule has 0 heterocycles. The Labute approximate surface area is 183 Å². The summed E-state index contributed by atoms with van der Waals surface area (Å²) in [5, 5.41) is 14.2. The van der Waals surface area contributed by atoms with Gasteiger partial charge in [-0.25, -0.2) is 0 Å². The highest BCUT2D eigenvalue weighted by Gasteiger charge is 2.14. The number of carbonyl (C=O) groups is 2. The van der Waals surface area contributed by atoms with Crippen molar-refractivity contribution in [2.24, 2.45) is 0 Å². The van der Waals surface area contributed by atoms with E-state index in [1.54, 1.807) is 54.6 Å². The predicted molar refractivity (Wildman–Crippen MR) is 120 cm³/mol. The monoisotopic (exact) mass is 426 g/mol. The molecule has 2 rings (SSSR count). The van der Waals surface area contributed by atoms with Crippen LogP contribution in [0.25, 0.3) is 6.08 Å². The van der Waals surface area contributed by atoms with Crippen molar-refractivity contribution >= 4 is 17.9 Å². The summed E-state index contributed by atoms with van der Waals surface area (Å²) in [5.74, 6) is 0.478. The van der Waals surface area contributed by atoms with Gasteiger partial charge < -0.3 is 25.2 Å². The lowest BCUT2D eigenvalue weighted by atomic mass is 10.1. The first-order chi connectivity index (χ1) is 14.9. The summed E-state index contributed by atoms with van der Waals surface area (Å²) in [6.45, 7) is 6.38. The van der Waals surface area contributed by atoms with E-state index in [4.69, 9.17) is 14.6 Å². The van der Waals surface area contributed by atoms with Gasteiger partial charge in [0.1, 0.15) is 17.2 Å². The predicted octanol–water partition coefficient (Wildman–Crippen LogP) is 3.14. The van der Waals surface area contributed by atoms with E-state index >= 15 is 0 Å². The van der Waals surface area contributed by atoms with Crippen LogP contribution in [0.4, 0.5) is 0 Å². The Morgan fingerprint density at radius 3 is 2.26 bits per heavy atom. The molecule has 2 aromatic rings. The van der Waals surface area contributed by atoms with Crippen LogP contribution in [0.15, 0.2) is 54.2 Å². The Morgan fingerprint density at radius 2 is 1.68 bits per heavy atom. The molecule has 0 aliphatic carbocycles. The zero-order valence-electron chi connectivity index (χ0n) is 18.2. The summed E-state index contributed by atoms with van der Waals surface area (Å²) < 4.78 is 11.1. The molecule has 2 aromatic carbocycles. The quantitative estimate of drug-likeness (QED) is 0.480. The molecule has 0 aliphatic rings. The van der Waals surface area contributed by atoms with Crippen molar-refractivity contribution in [1.82, 2.24) is 10.6 Å². The molecule has 0 spiro atoms. The van der Waals surface area contributed by atoms with Gasteiger partial charge in [0.2, 0.25) is 0 Å². The van der Waals surface area contributed by atoms with Gasteiger partial charge in [-0.15, -0.1) is 0 Å². The van der Waals surface area contributed by atoms with Crippen molar-refractivity contribution in [3.8, 4) is 11.5 Å². The first-order valence-corrected chi connectivity index (χ1v) is 10.3. The number of aliphatic hydroxyl groups is 1. The van der Waals surface area contributed by atoms with E-state index in [2.05, 4.69) is 10.6 Å². The van der Waals surface area contributed by atoms with Crippen LogP contribution >= 0.6 is 0 Å². The Morgan fingerprint density at radius 1 is 1.03 bits per heavy atom. The summed E-state index contributed by atoms with van der Waals surface area (Å²) in [5.41, 5.74) is 1.18. The van der Waals surface area contributed by atoms with E-state index in [-0.39, 0.29) is 25.0 Å². The van der Waals surface area contributed by atoms with Gasteiger partial charge in [-0.3, -0.25) is 9.59 Å². The van der Waals surface area contributed by atoms with Gasteiger partial charge in [0.25, 0.3) is 11.8 Å². The fourth-order valence-electron chi connectivity index (χ4n) is 2.62. The van der Waals surface area contributed by atoms with E-state index in [1.165, 1.54) is 0 Å². The molecule has 0 saturated carbocycles. The van der Waals surface area contributed by atoms with Gasteiger partial charge in [-0.05, 0) is 68.3 Å². The number of carbonyl (C=O) groups excluding carboxylic acids is 2. The summed E-state index contributed by atoms with van der Waals surface area (Å²) >= 11 is 0. The molecule has 7 heteroatoms. The molecule has 0 fully saturated rings. The average molecular weight is 427 g/mol. The van der Waals surface area contributed by atoms with Gasteiger partial charge in [-0.2, -0.15) is 0 Å². The molecule has 0 atom stereocenters. The highest BCUT2D eigenvalue weighted by Crippen LogP contribution is 2.16. The first-order valence-electron chi connectivity index (χ1n) is 10.3. The van der Waals surface area contributed by atoms with Crippen molar-refractivity contribution < 1.29 is 24.2 Å². The van der Waals surface area contributed by atoms with E-state index < -0.39 is 11.8 Å². The van der Waals surface area contributed by atoms with Gasteiger partial charge >= 0.3 is 0 Å². The third-order valence-corrected chi connectivity index (χ3v) is 4.04. The summed E-state index contributed by atoms with van der Waals surface area (Å²) in [4.78, 5) is 25.2. The average Bonchev–Trinajstić information content (AvgIpc) is 2.76. The van der Waals surface area contributed by atoms with E-state index in [0.717, 1.165) is 6.42 Å². The van der Waals surface area contributed by atoms with Crippen LogP contribution < -0.4 is 20.1 Å². The second-order valence-electron chi connectivity index (χ2n) is 7.10. The van der Waals surface area contributed by atoms with Gasteiger partial charge in [0.15, 0.2) is 0 Å². The highest BCUT2D eigenvalue weighted by atomic mass is 16.5. The first kappa shape index (κ1) is 24.0. The van der Waals surface area contributed by atoms with E-state index in [9.17, 15) is 9.59 Å². The third kappa shape index (κ3) is 8.14. The molecule has 166 valence electrons. The minimum absolute atomic E-state index is 0.0549. The van der Waals surface area contributed by atoms with Crippen LogP contribution in [-0.4, -0.2) is 42.8 Å². The molecule has 2 amide bonds. The number of hydrogen-bond acceptors (Lipinski definition) is 5. The SMILES string of the molecule is CCCOc1ccc(C(=O)N/C(=C\c2ccc(OC(C)C)cc2)C(=O)NCCO)cc1. The van der Waals surface area contributed by atoms with Gasteiger partial charge in [0.05, 0.1) is 19.3 Å². The van der Waals surface area contributed by atoms with Crippen LogP contribution in [0, 0.1) is 0 Å². The Bertz CT molecular complexity index is 874. The standard InChI is InChI=1S/C24H30N2O5/c1-4-15-30-20-11-7-19(8-12-20)23(28)26-22(24(29)25-13-14-27)16-18-5-9-21(10-6-18)31-17(2)3/h5-12,16-17,27H,4,13-15H2,1-3H3,(H,25,29)(H,26,28)/b22-16-. The van der Waals surface area contributed by atoms with Crippen molar-refractivity contribution in [2.75, 3.05) is 19.8 Å². The number of benzene rings is 2. The maximum absolute atomic E-state index is 12.7. The lowest BCUT2D eigenvalue weighted by Gasteiger charge is -2.12. The zero-order valence-corrected chi connectivity index (χ0v) is 18.2. The molecule has 0 saturated heterocycles. The third-order valence-electron chi connectivity index (χ3n) is 4.04. The molecule has 7 nitrogen and oxygen atoms in total. The maximum Gasteiger partial charge on any atom is 0.267 e. The van der Waals surface area contributed by atoms with Crippen molar-refractivity contribution in [2.45, 2.75) is 33.3 Å². The fourth-order valence-corrected chi connectivity index (χ4v) is 2.62. The number of nitrogens with one attached hydrogen (secondary N) is 2. The topological polar surface area (TPSA) is 96.9 Å². The highest BCUT2D eigenvalue weighted by molar-refractivity contribution is 6.05. The van der Waals surface area contributed by atoms with Crippen LogP contribution in [0.1, 0.15) is 43.1 Å². The largest absolute Gasteiger partial charge is 0.494 e. The number of ether oxygens (including phenoxy) is 2. The van der Waals surface area contributed by atoms with Crippen LogP contribution in [0.2, 0.25) is 0 Å². The Kier molecular flexibility index (Phi) is 9.58. The Hall–Kier alpha value is -3.32. The number of amides is 2. The molecule has 0 unspecified atom stereocenters. The summed E-state index contributed by atoms with van der Waals surface area (Å²) in [7, 11) is 0. The molecular formula is C24H30N2O5. The molecule has 0 radical (unpaired) electrons.